The van der Waals surface area contributed by atoms with Gasteiger partial charge in [-0.3, -0.25) is 4.79 Å². The molecule has 86 valence electrons. The van der Waals surface area contributed by atoms with Crippen LogP contribution in [0, 0.1) is 0 Å². The maximum atomic E-state index is 11.3. The summed E-state index contributed by atoms with van der Waals surface area (Å²) in [6, 6.07) is 10.4. The van der Waals surface area contributed by atoms with Crippen LogP contribution in [0.2, 0.25) is 0 Å². The number of carbonyl (C=O) groups excluding carboxylic acids is 1. The Morgan fingerprint density at radius 1 is 1.38 bits per heavy atom. The SMILES string of the molecule is CN1C(=O)CC[C@H]1COCc1ccccc1. The average molecular weight is 219 g/mol. The van der Waals surface area contributed by atoms with Crippen LogP contribution in [0.15, 0.2) is 30.3 Å². The lowest BCUT2D eigenvalue weighted by atomic mass is 10.2. The van der Waals surface area contributed by atoms with Crippen molar-refractivity contribution in [3.05, 3.63) is 35.9 Å². The fourth-order valence-electron chi connectivity index (χ4n) is 1.95. The third-order valence-corrected chi connectivity index (χ3v) is 3.05. The molecule has 3 nitrogen and oxygen atoms in total. The minimum Gasteiger partial charge on any atom is -0.375 e. The zero-order valence-electron chi connectivity index (χ0n) is 9.56. The highest BCUT2D eigenvalue weighted by atomic mass is 16.5. The van der Waals surface area contributed by atoms with Gasteiger partial charge in [0, 0.05) is 13.5 Å². The van der Waals surface area contributed by atoms with E-state index in [-0.39, 0.29) is 11.9 Å². The smallest absolute Gasteiger partial charge is 0.222 e. The van der Waals surface area contributed by atoms with Crippen LogP contribution in [-0.4, -0.2) is 30.5 Å². The summed E-state index contributed by atoms with van der Waals surface area (Å²) in [6.07, 6.45) is 1.58. The summed E-state index contributed by atoms with van der Waals surface area (Å²) in [6.45, 7) is 1.26. The van der Waals surface area contributed by atoms with Gasteiger partial charge >= 0.3 is 0 Å². The van der Waals surface area contributed by atoms with Crippen molar-refractivity contribution in [2.45, 2.75) is 25.5 Å². The molecule has 0 aliphatic carbocycles. The van der Waals surface area contributed by atoms with Gasteiger partial charge in [-0.25, -0.2) is 0 Å². The summed E-state index contributed by atoms with van der Waals surface area (Å²) in [5.41, 5.74) is 1.18. The van der Waals surface area contributed by atoms with E-state index in [2.05, 4.69) is 0 Å². The number of rotatable bonds is 4. The van der Waals surface area contributed by atoms with E-state index < -0.39 is 0 Å². The van der Waals surface area contributed by atoms with Crippen LogP contribution in [0.25, 0.3) is 0 Å². The summed E-state index contributed by atoms with van der Waals surface area (Å²) in [5.74, 6) is 0.230. The second-order valence-electron chi connectivity index (χ2n) is 4.20. The summed E-state index contributed by atoms with van der Waals surface area (Å²) < 4.78 is 5.63. The Morgan fingerprint density at radius 3 is 2.75 bits per heavy atom. The number of benzene rings is 1. The lowest BCUT2D eigenvalue weighted by Crippen LogP contribution is -2.32. The second kappa shape index (κ2) is 5.12. The molecule has 1 heterocycles. The van der Waals surface area contributed by atoms with E-state index in [1.807, 2.05) is 37.4 Å². The molecule has 1 fully saturated rings. The maximum absolute atomic E-state index is 11.3. The number of amides is 1. The van der Waals surface area contributed by atoms with Crippen molar-refractivity contribution >= 4 is 5.91 Å². The van der Waals surface area contributed by atoms with Crippen molar-refractivity contribution in [3.63, 3.8) is 0 Å². The Bertz CT molecular complexity index is 350. The van der Waals surface area contributed by atoms with Gasteiger partial charge in [-0.1, -0.05) is 30.3 Å². The number of carbonyl (C=O) groups is 1. The Morgan fingerprint density at radius 2 is 2.12 bits per heavy atom. The van der Waals surface area contributed by atoms with E-state index >= 15 is 0 Å². The van der Waals surface area contributed by atoms with Crippen molar-refractivity contribution in [2.75, 3.05) is 13.7 Å². The Labute approximate surface area is 96.0 Å². The normalized spacial score (nSPS) is 20.4. The fraction of sp³-hybridized carbons (Fsp3) is 0.462. The van der Waals surface area contributed by atoms with Crippen LogP contribution < -0.4 is 0 Å². The number of likely N-dealkylation sites (tertiary alicyclic amines) is 1. The predicted octanol–water partition coefficient (Wildman–Crippen LogP) is 1.82. The van der Waals surface area contributed by atoms with Gasteiger partial charge in [-0.15, -0.1) is 0 Å². The highest BCUT2D eigenvalue weighted by Crippen LogP contribution is 2.16. The summed E-state index contributed by atoms with van der Waals surface area (Å²) >= 11 is 0. The van der Waals surface area contributed by atoms with E-state index in [9.17, 15) is 4.79 Å². The van der Waals surface area contributed by atoms with Crippen LogP contribution in [0.4, 0.5) is 0 Å². The van der Waals surface area contributed by atoms with Crippen molar-refractivity contribution in [1.82, 2.24) is 4.90 Å². The van der Waals surface area contributed by atoms with Gasteiger partial charge < -0.3 is 9.64 Å². The van der Waals surface area contributed by atoms with Gasteiger partial charge in [0.25, 0.3) is 0 Å². The minimum atomic E-state index is 0.230. The Balaban J connectivity index is 1.75. The van der Waals surface area contributed by atoms with E-state index in [0.717, 1.165) is 6.42 Å². The summed E-state index contributed by atoms with van der Waals surface area (Å²) in [5, 5.41) is 0. The molecule has 16 heavy (non-hydrogen) atoms. The lowest BCUT2D eigenvalue weighted by molar-refractivity contribution is -0.128. The molecule has 0 radical (unpaired) electrons. The standard InChI is InChI=1S/C13H17NO2/c1-14-12(7-8-13(14)15)10-16-9-11-5-3-2-4-6-11/h2-6,12H,7-10H2,1H3/t12-/m0/s1. The van der Waals surface area contributed by atoms with Crippen LogP contribution in [-0.2, 0) is 16.1 Å². The molecule has 3 heteroatoms. The van der Waals surface area contributed by atoms with Crippen LogP contribution >= 0.6 is 0 Å². The van der Waals surface area contributed by atoms with Crippen molar-refractivity contribution in [2.24, 2.45) is 0 Å². The largest absolute Gasteiger partial charge is 0.375 e. The molecule has 1 aliphatic heterocycles. The van der Waals surface area contributed by atoms with Gasteiger partial charge in [0.15, 0.2) is 0 Å². The lowest BCUT2D eigenvalue weighted by Gasteiger charge is -2.19. The number of hydrogen-bond acceptors (Lipinski definition) is 2. The molecule has 2 rings (SSSR count). The monoisotopic (exact) mass is 219 g/mol. The third kappa shape index (κ3) is 2.61. The first kappa shape index (κ1) is 11.1. The quantitative estimate of drug-likeness (QED) is 0.773. The molecule has 1 amide bonds. The highest BCUT2D eigenvalue weighted by Gasteiger charge is 2.27. The number of ether oxygens (including phenoxy) is 1. The zero-order valence-corrected chi connectivity index (χ0v) is 9.56. The van der Waals surface area contributed by atoms with Gasteiger partial charge in [-0.2, -0.15) is 0 Å². The average Bonchev–Trinajstić information content (AvgIpc) is 2.62. The molecule has 0 saturated carbocycles. The van der Waals surface area contributed by atoms with Gasteiger partial charge in [0.05, 0.1) is 19.3 Å². The third-order valence-electron chi connectivity index (χ3n) is 3.05. The Hall–Kier alpha value is -1.35. The van der Waals surface area contributed by atoms with Crippen LogP contribution in [0.1, 0.15) is 18.4 Å². The van der Waals surface area contributed by atoms with E-state index in [1.54, 1.807) is 4.90 Å². The van der Waals surface area contributed by atoms with Gasteiger partial charge in [0.2, 0.25) is 5.91 Å². The number of hydrogen-bond donors (Lipinski definition) is 0. The first-order valence-corrected chi connectivity index (χ1v) is 5.64. The maximum Gasteiger partial charge on any atom is 0.222 e. The second-order valence-corrected chi connectivity index (χ2v) is 4.20. The minimum absolute atomic E-state index is 0.230. The van der Waals surface area contributed by atoms with E-state index in [1.165, 1.54) is 5.56 Å². The fourth-order valence-corrected chi connectivity index (χ4v) is 1.95. The number of nitrogens with zero attached hydrogens (tertiary/aromatic N) is 1. The van der Waals surface area contributed by atoms with Crippen molar-refractivity contribution < 1.29 is 9.53 Å². The van der Waals surface area contributed by atoms with Crippen LogP contribution in [0.5, 0.6) is 0 Å². The summed E-state index contributed by atoms with van der Waals surface area (Å²) in [7, 11) is 1.85. The molecule has 1 aromatic rings. The summed E-state index contributed by atoms with van der Waals surface area (Å²) in [4.78, 5) is 13.1. The van der Waals surface area contributed by atoms with Crippen molar-refractivity contribution in [3.8, 4) is 0 Å². The van der Waals surface area contributed by atoms with E-state index in [0.29, 0.717) is 19.6 Å². The molecule has 0 unspecified atom stereocenters. The molecule has 1 saturated heterocycles. The molecular formula is C13H17NO2. The molecule has 0 aromatic heterocycles. The van der Waals surface area contributed by atoms with E-state index in [4.69, 9.17) is 4.74 Å². The topological polar surface area (TPSA) is 29.5 Å². The van der Waals surface area contributed by atoms with Crippen molar-refractivity contribution in [1.29, 1.82) is 0 Å². The molecule has 1 aliphatic rings. The first-order valence-electron chi connectivity index (χ1n) is 5.64. The molecule has 1 atom stereocenters. The first-order chi connectivity index (χ1) is 7.77. The molecule has 0 spiro atoms. The highest BCUT2D eigenvalue weighted by molar-refractivity contribution is 5.78. The molecule has 0 N–H and O–H groups in total. The zero-order chi connectivity index (χ0) is 11.4. The molecule has 0 bridgehead atoms. The number of likely N-dealkylation sites (N-methyl/N-ethyl adjacent to an activating group) is 1. The predicted molar refractivity (Wildman–Crippen MR) is 61.9 cm³/mol. The van der Waals surface area contributed by atoms with Gasteiger partial charge in [-0.05, 0) is 12.0 Å². The van der Waals surface area contributed by atoms with Crippen LogP contribution in [0.3, 0.4) is 0 Å². The van der Waals surface area contributed by atoms with Gasteiger partial charge in [0.1, 0.15) is 0 Å². The Kier molecular flexibility index (Phi) is 3.57. The molecular weight excluding hydrogens is 202 g/mol. The molecule has 1 aromatic carbocycles.